The highest BCUT2D eigenvalue weighted by molar-refractivity contribution is 6.17. The van der Waals surface area contributed by atoms with Crippen molar-refractivity contribution in [3.63, 3.8) is 0 Å². The highest BCUT2D eigenvalue weighted by atomic mass is 35.5. The Hall–Kier alpha value is -0.800. The Morgan fingerprint density at radius 3 is 2.83 bits per heavy atom. The van der Waals surface area contributed by atoms with Gasteiger partial charge in [0.05, 0.1) is 0 Å². The standard InChI is InChI=1S/C14H22ClN3/c1-11-13(8-15)4-5-14(16-11)18(3)10-12-6-7-17(2)9-12/h4-5,12H,6-10H2,1-3H3. The van der Waals surface area contributed by atoms with Crippen molar-refractivity contribution in [3.8, 4) is 0 Å². The third-order valence-electron chi connectivity index (χ3n) is 3.74. The summed E-state index contributed by atoms with van der Waals surface area (Å²) >= 11 is 5.86. The molecule has 1 unspecified atom stereocenters. The number of aromatic nitrogens is 1. The minimum absolute atomic E-state index is 0.538. The number of likely N-dealkylation sites (tertiary alicyclic amines) is 1. The van der Waals surface area contributed by atoms with Crippen molar-refractivity contribution in [2.24, 2.45) is 5.92 Å². The molecule has 100 valence electrons. The number of nitrogens with zero attached hydrogens (tertiary/aromatic N) is 3. The van der Waals surface area contributed by atoms with Crippen LogP contribution in [0.2, 0.25) is 0 Å². The second kappa shape index (κ2) is 5.89. The first kappa shape index (κ1) is 13.6. The third-order valence-corrected chi connectivity index (χ3v) is 4.02. The van der Waals surface area contributed by atoms with Crippen LogP contribution in [0, 0.1) is 12.8 Å². The second-order valence-corrected chi connectivity index (χ2v) is 5.61. The van der Waals surface area contributed by atoms with E-state index in [1.54, 1.807) is 0 Å². The molecule has 2 rings (SSSR count). The van der Waals surface area contributed by atoms with Crippen LogP contribution in [-0.2, 0) is 5.88 Å². The number of alkyl halides is 1. The lowest BCUT2D eigenvalue weighted by Gasteiger charge is -2.22. The van der Waals surface area contributed by atoms with Crippen LogP contribution < -0.4 is 4.90 Å². The van der Waals surface area contributed by atoms with E-state index in [1.807, 2.05) is 6.92 Å². The molecule has 1 aliphatic rings. The zero-order chi connectivity index (χ0) is 13.1. The molecular weight excluding hydrogens is 246 g/mol. The topological polar surface area (TPSA) is 19.4 Å². The second-order valence-electron chi connectivity index (χ2n) is 5.35. The van der Waals surface area contributed by atoms with Crippen molar-refractivity contribution in [2.45, 2.75) is 19.2 Å². The molecule has 1 aliphatic heterocycles. The molecule has 0 bridgehead atoms. The van der Waals surface area contributed by atoms with Gasteiger partial charge >= 0.3 is 0 Å². The van der Waals surface area contributed by atoms with Crippen molar-refractivity contribution in [2.75, 3.05) is 38.6 Å². The van der Waals surface area contributed by atoms with Crippen LogP contribution in [-0.4, -0.2) is 43.6 Å². The quantitative estimate of drug-likeness (QED) is 0.782. The molecule has 0 saturated carbocycles. The van der Waals surface area contributed by atoms with E-state index >= 15 is 0 Å². The van der Waals surface area contributed by atoms with E-state index in [0.29, 0.717) is 5.88 Å². The van der Waals surface area contributed by atoms with E-state index in [0.717, 1.165) is 29.5 Å². The summed E-state index contributed by atoms with van der Waals surface area (Å²) in [5.74, 6) is 2.35. The number of halogens is 1. The van der Waals surface area contributed by atoms with Crippen molar-refractivity contribution in [1.29, 1.82) is 0 Å². The van der Waals surface area contributed by atoms with Gasteiger partial charge in [0, 0.05) is 31.7 Å². The predicted molar refractivity (Wildman–Crippen MR) is 77.4 cm³/mol. The van der Waals surface area contributed by atoms with Crippen molar-refractivity contribution >= 4 is 17.4 Å². The van der Waals surface area contributed by atoms with Gasteiger partial charge in [0.2, 0.25) is 0 Å². The molecule has 0 N–H and O–H groups in total. The van der Waals surface area contributed by atoms with Crippen LogP contribution in [0.25, 0.3) is 0 Å². The van der Waals surface area contributed by atoms with Crippen LogP contribution in [0.1, 0.15) is 17.7 Å². The largest absolute Gasteiger partial charge is 0.359 e. The lowest BCUT2D eigenvalue weighted by molar-refractivity contribution is 0.395. The molecular formula is C14H22ClN3. The number of hydrogen-bond donors (Lipinski definition) is 0. The molecule has 0 amide bonds. The normalized spacial score (nSPS) is 20.3. The Labute approximate surface area is 115 Å². The Balaban J connectivity index is 2.00. The number of anilines is 1. The van der Waals surface area contributed by atoms with Crippen molar-refractivity contribution in [1.82, 2.24) is 9.88 Å². The number of rotatable bonds is 4. The fourth-order valence-corrected chi connectivity index (χ4v) is 2.87. The van der Waals surface area contributed by atoms with Crippen LogP contribution in [0.3, 0.4) is 0 Å². The fourth-order valence-electron chi connectivity index (χ4n) is 2.59. The molecule has 1 saturated heterocycles. The van der Waals surface area contributed by atoms with Gasteiger partial charge in [0.25, 0.3) is 0 Å². The Bertz CT molecular complexity index is 408. The van der Waals surface area contributed by atoms with Crippen molar-refractivity contribution < 1.29 is 0 Å². The molecule has 0 aliphatic carbocycles. The zero-order valence-electron chi connectivity index (χ0n) is 11.5. The van der Waals surface area contributed by atoms with E-state index in [2.05, 4.69) is 41.0 Å². The van der Waals surface area contributed by atoms with Gasteiger partial charge in [-0.05, 0) is 44.5 Å². The van der Waals surface area contributed by atoms with Gasteiger partial charge in [-0.15, -0.1) is 11.6 Å². The highest BCUT2D eigenvalue weighted by Crippen LogP contribution is 2.20. The van der Waals surface area contributed by atoms with Crippen LogP contribution in [0.5, 0.6) is 0 Å². The summed E-state index contributed by atoms with van der Waals surface area (Å²) in [5, 5.41) is 0. The summed E-state index contributed by atoms with van der Waals surface area (Å²) in [6.07, 6.45) is 1.29. The van der Waals surface area contributed by atoms with Gasteiger partial charge in [0.1, 0.15) is 5.82 Å². The van der Waals surface area contributed by atoms with Gasteiger partial charge in [-0.1, -0.05) is 6.07 Å². The average Bonchev–Trinajstić information content (AvgIpc) is 2.74. The molecule has 0 aromatic carbocycles. The van der Waals surface area contributed by atoms with E-state index in [-0.39, 0.29) is 0 Å². The summed E-state index contributed by atoms with van der Waals surface area (Å²) in [4.78, 5) is 9.29. The first-order valence-corrected chi connectivity index (χ1v) is 7.05. The van der Waals surface area contributed by atoms with Crippen molar-refractivity contribution in [3.05, 3.63) is 23.4 Å². The van der Waals surface area contributed by atoms with Gasteiger partial charge in [-0.3, -0.25) is 0 Å². The molecule has 0 spiro atoms. The maximum atomic E-state index is 5.86. The van der Waals surface area contributed by atoms with E-state index in [4.69, 9.17) is 11.6 Å². The maximum Gasteiger partial charge on any atom is 0.128 e. The lowest BCUT2D eigenvalue weighted by atomic mass is 10.1. The maximum absolute atomic E-state index is 5.86. The number of hydrogen-bond acceptors (Lipinski definition) is 3. The third kappa shape index (κ3) is 3.15. The van der Waals surface area contributed by atoms with Gasteiger partial charge in [-0.25, -0.2) is 4.98 Å². The minimum atomic E-state index is 0.538. The summed E-state index contributed by atoms with van der Waals surface area (Å²) in [7, 11) is 4.32. The number of aryl methyl sites for hydroxylation is 1. The molecule has 1 fully saturated rings. The monoisotopic (exact) mass is 267 g/mol. The molecule has 1 aromatic rings. The van der Waals surface area contributed by atoms with E-state index in [9.17, 15) is 0 Å². The Morgan fingerprint density at radius 2 is 2.28 bits per heavy atom. The lowest BCUT2D eigenvalue weighted by Crippen LogP contribution is -2.28. The summed E-state index contributed by atoms with van der Waals surface area (Å²) in [5.41, 5.74) is 2.16. The molecule has 18 heavy (non-hydrogen) atoms. The molecule has 2 heterocycles. The molecule has 4 heteroatoms. The summed E-state index contributed by atoms with van der Waals surface area (Å²) < 4.78 is 0. The Morgan fingerprint density at radius 1 is 1.50 bits per heavy atom. The summed E-state index contributed by atoms with van der Waals surface area (Å²) in [6, 6.07) is 4.16. The minimum Gasteiger partial charge on any atom is -0.359 e. The van der Waals surface area contributed by atoms with Gasteiger partial charge in [0.15, 0.2) is 0 Å². The van der Waals surface area contributed by atoms with E-state index in [1.165, 1.54) is 19.5 Å². The first-order chi connectivity index (χ1) is 8.60. The molecule has 1 aromatic heterocycles. The molecule has 0 radical (unpaired) electrons. The first-order valence-electron chi connectivity index (χ1n) is 6.52. The average molecular weight is 268 g/mol. The number of pyridine rings is 1. The predicted octanol–water partition coefficient (Wildman–Crippen LogP) is 2.52. The van der Waals surface area contributed by atoms with Crippen LogP contribution in [0.4, 0.5) is 5.82 Å². The Kier molecular flexibility index (Phi) is 4.46. The van der Waals surface area contributed by atoms with Gasteiger partial charge in [-0.2, -0.15) is 0 Å². The highest BCUT2D eigenvalue weighted by Gasteiger charge is 2.21. The zero-order valence-corrected chi connectivity index (χ0v) is 12.2. The van der Waals surface area contributed by atoms with Crippen LogP contribution in [0.15, 0.2) is 12.1 Å². The summed E-state index contributed by atoms with van der Waals surface area (Å²) in [6.45, 7) is 5.52. The molecule has 3 nitrogen and oxygen atoms in total. The fraction of sp³-hybridized carbons (Fsp3) is 0.643. The smallest absolute Gasteiger partial charge is 0.128 e. The molecule has 1 atom stereocenters. The van der Waals surface area contributed by atoms with E-state index < -0.39 is 0 Å². The van der Waals surface area contributed by atoms with Gasteiger partial charge < -0.3 is 9.80 Å². The SMILES string of the molecule is Cc1nc(N(C)CC2CCN(C)C2)ccc1CCl. The van der Waals surface area contributed by atoms with Crippen LogP contribution >= 0.6 is 11.6 Å².